The Hall–Kier alpha value is -2.12. The fourth-order valence-corrected chi connectivity index (χ4v) is 4.44. The molecule has 0 spiro atoms. The number of nitrogens with two attached hydrogens (primary N) is 1. The summed E-state index contributed by atoms with van der Waals surface area (Å²) in [4.78, 5) is 23.1. The smallest absolute Gasteiger partial charge is 0.234 e. The molecule has 1 amide bonds. The summed E-state index contributed by atoms with van der Waals surface area (Å²) in [5.41, 5.74) is 10.2. The molecule has 7 heteroatoms. The van der Waals surface area contributed by atoms with Gasteiger partial charge in [-0.3, -0.25) is 4.79 Å². The topological polar surface area (TPSA) is 80.9 Å². The van der Waals surface area contributed by atoms with Crippen LogP contribution in [0.2, 0.25) is 0 Å². The Morgan fingerprint density at radius 2 is 1.84 bits per heavy atom. The lowest BCUT2D eigenvalue weighted by Crippen LogP contribution is -2.14. The molecule has 1 aromatic carbocycles. The molecule has 0 unspecified atom stereocenters. The van der Waals surface area contributed by atoms with E-state index in [1.54, 1.807) is 11.3 Å². The molecule has 3 rings (SSSR count). The summed E-state index contributed by atoms with van der Waals surface area (Å²) in [5, 5.41) is 4.37. The van der Waals surface area contributed by atoms with Crippen molar-refractivity contribution in [3.05, 3.63) is 39.8 Å². The van der Waals surface area contributed by atoms with E-state index in [9.17, 15) is 4.79 Å². The van der Waals surface area contributed by atoms with Crippen molar-refractivity contribution in [3.8, 4) is 0 Å². The Bertz CT molecular complexity index is 945. The number of rotatable bonds is 4. The molecule has 2 aromatic heterocycles. The van der Waals surface area contributed by atoms with Crippen LogP contribution in [0.5, 0.6) is 0 Å². The van der Waals surface area contributed by atoms with Crippen LogP contribution in [0.25, 0.3) is 10.2 Å². The summed E-state index contributed by atoms with van der Waals surface area (Å²) in [7, 11) is 0. The second-order valence-electron chi connectivity index (χ2n) is 6.07. The number of aryl methyl sites for hydroxylation is 4. The van der Waals surface area contributed by atoms with E-state index in [4.69, 9.17) is 5.73 Å². The lowest BCUT2D eigenvalue weighted by Gasteiger charge is -2.07. The Balaban J connectivity index is 1.70. The van der Waals surface area contributed by atoms with Gasteiger partial charge in [0, 0.05) is 10.6 Å². The third kappa shape index (κ3) is 3.93. The van der Waals surface area contributed by atoms with E-state index in [0.29, 0.717) is 11.0 Å². The van der Waals surface area contributed by atoms with Gasteiger partial charge in [0.25, 0.3) is 0 Å². The summed E-state index contributed by atoms with van der Waals surface area (Å²) in [6.07, 6.45) is 0. The van der Waals surface area contributed by atoms with Gasteiger partial charge in [-0.2, -0.15) is 0 Å². The third-order valence-corrected chi connectivity index (χ3v) is 5.82. The number of aromatic nitrogens is 2. The molecule has 0 fully saturated rings. The number of thiophene rings is 1. The summed E-state index contributed by atoms with van der Waals surface area (Å²) < 4.78 is 0. The first-order valence-electron chi connectivity index (χ1n) is 7.87. The monoisotopic (exact) mass is 372 g/mol. The number of benzene rings is 1. The number of nitrogen functional groups attached to an aromatic ring is 1. The zero-order chi connectivity index (χ0) is 18.1. The van der Waals surface area contributed by atoms with Crippen molar-refractivity contribution in [2.45, 2.75) is 32.9 Å². The minimum Gasteiger partial charge on any atom is -0.383 e. The highest BCUT2D eigenvalue weighted by Crippen LogP contribution is 2.33. The van der Waals surface area contributed by atoms with E-state index in [2.05, 4.69) is 21.4 Å². The second-order valence-corrected chi connectivity index (χ2v) is 8.21. The maximum atomic E-state index is 12.2. The van der Waals surface area contributed by atoms with E-state index >= 15 is 0 Å². The molecule has 0 atom stereocenters. The molecule has 0 aliphatic carbocycles. The van der Waals surface area contributed by atoms with Gasteiger partial charge in [-0.15, -0.1) is 11.3 Å². The van der Waals surface area contributed by atoms with Crippen LogP contribution in [0.15, 0.2) is 23.4 Å². The first-order valence-corrected chi connectivity index (χ1v) is 9.68. The molecule has 0 radical (unpaired) electrons. The SMILES string of the molecule is Cc1cc(C)cc(NC(=O)CSc2nc(N)c3c(C)c(C)sc3n2)c1. The number of nitrogens with one attached hydrogen (secondary N) is 1. The van der Waals surface area contributed by atoms with Gasteiger partial charge in [-0.25, -0.2) is 9.97 Å². The molecular weight excluding hydrogens is 352 g/mol. The summed E-state index contributed by atoms with van der Waals surface area (Å²) in [5.74, 6) is 0.626. The van der Waals surface area contributed by atoms with Crippen molar-refractivity contribution in [1.29, 1.82) is 0 Å². The van der Waals surface area contributed by atoms with Crippen LogP contribution in [-0.4, -0.2) is 21.6 Å². The van der Waals surface area contributed by atoms with Crippen LogP contribution >= 0.6 is 23.1 Å². The van der Waals surface area contributed by atoms with Gasteiger partial charge >= 0.3 is 0 Å². The number of carbonyl (C=O) groups is 1. The van der Waals surface area contributed by atoms with Gasteiger partial charge in [0.2, 0.25) is 5.91 Å². The van der Waals surface area contributed by atoms with E-state index in [0.717, 1.165) is 32.6 Å². The van der Waals surface area contributed by atoms with Gasteiger partial charge in [0.1, 0.15) is 10.6 Å². The lowest BCUT2D eigenvalue weighted by atomic mass is 10.1. The largest absolute Gasteiger partial charge is 0.383 e. The van der Waals surface area contributed by atoms with Gasteiger partial charge < -0.3 is 11.1 Å². The maximum absolute atomic E-state index is 12.2. The van der Waals surface area contributed by atoms with Crippen LogP contribution in [0.3, 0.4) is 0 Å². The Morgan fingerprint density at radius 1 is 1.16 bits per heavy atom. The van der Waals surface area contributed by atoms with Crippen molar-refractivity contribution >= 4 is 50.7 Å². The molecule has 0 saturated carbocycles. The number of carbonyl (C=O) groups excluding carboxylic acids is 1. The standard InChI is InChI=1S/C18H20N4OS2/c1-9-5-10(2)7-13(6-9)20-14(23)8-24-18-21-16(19)15-11(3)12(4)25-17(15)22-18/h5-7H,8H2,1-4H3,(H,20,23)(H2,19,21,22). The van der Waals surface area contributed by atoms with E-state index < -0.39 is 0 Å². The number of nitrogens with zero attached hydrogens (tertiary/aromatic N) is 2. The zero-order valence-electron chi connectivity index (χ0n) is 14.6. The van der Waals surface area contributed by atoms with Gasteiger partial charge in [-0.1, -0.05) is 17.8 Å². The highest BCUT2D eigenvalue weighted by Gasteiger charge is 2.14. The number of amides is 1. The average molecular weight is 373 g/mol. The molecule has 3 aromatic rings. The van der Waals surface area contributed by atoms with E-state index in [-0.39, 0.29) is 11.7 Å². The molecule has 2 heterocycles. The fourth-order valence-electron chi connectivity index (χ4n) is 2.70. The van der Waals surface area contributed by atoms with Crippen LogP contribution < -0.4 is 11.1 Å². The van der Waals surface area contributed by atoms with E-state index in [1.165, 1.54) is 16.6 Å². The molecule has 130 valence electrons. The summed E-state index contributed by atoms with van der Waals surface area (Å²) >= 11 is 2.89. The lowest BCUT2D eigenvalue weighted by molar-refractivity contribution is -0.113. The van der Waals surface area contributed by atoms with Gasteiger partial charge in [0.05, 0.1) is 11.1 Å². The zero-order valence-corrected chi connectivity index (χ0v) is 16.3. The second kappa shape index (κ2) is 7.01. The first kappa shape index (κ1) is 17.7. The minimum absolute atomic E-state index is 0.0872. The molecule has 0 aliphatic heterocycles. The molecule has 0 saturated heterocycles. The number of thioether (sulfide) groups is 1. The number of hydrogen-bond donors (Lipinski definition) is 2. The van der Waals surface area contributed by atoms with Gasteiger partial charge in [-0.05, 0) is 56.5 Å². The van der Waals surface area contributed by atoms with Crippen molar-refractivity contribution in [2.75, 3.05) is 16.8 Å². The molecular formula is C18H20N4OS2. The molecule has 3 N–H and O–H groups in total. The molecule has 5 nitrogen and oxygen atoms in total. The number of hydrogen-bond acceptors (Lipinski definition) is 6. The predicted molar refractivity (Wildman–Crippen MR) is 107 cm³/mol. The van der Waals surface area contributed by atoms with Crippen LogP contribution in [-0.2, 0) is 4.79 Å². The molecule has 0 bridgehead atoms. The number of fused-ring (bicyclic) bond motifs is 1. The van der Waals surface area contributed by atoms with Crippen LogP contribution in [0.1, 0.15) is 21.6 Å². The number of anilines is 2. The molecule has 0 aliphatic rings. The minimum atomic E-state index is -0.0872. The highest BCUT2D eigenvalue weighted by atomic mass is 32.2. The molecule has 25 heavy (non-hydrogen) atoms. The van der Waals surface area contributed by atoms with Crippen molar-refractivity contribution in [3.63, 3.8) is 0 Å². The normalized spacial score (nSPS) is 11.0. The van der Waals surface area contributed by atoms with Crippen LogP contribution in [0, 0.1) is 27.7 Å². The highest BCUT2D eigenvalue weighted by molar-refractivity contribution is 7.99. The van der Waals surface area contributed by atoms with Crippen molar-refractivity contribution < 1.29 is 4.79 Å². The third-order valence-electron chi connectivity index (χ3n) is 3.87. The van der Waals surface area contributed by atoms with Crippen molar-refractivity contribution in [1.82, 2.24) is 9.97 Å². The first-order chi connectivity index (χ1) is 11.8. The quantitative estimate of drug-likeness (QED) is 0.529. The summed E-state index contributed by atoms with van der Waals surface area (Å²) in [6.45, 7) is 8.09. The van der Waals surface area contributed by atoms with E-state index in [1.807, 2.05) is 39.8 Å². The maximum Gasteiger partial charge on any atom is 0.234 e. The predicted octanol–water partition coefficient (Wildman–Crippen LogP) is 4.24. The Morgan fingerprint density at radius 3 is 2.52 bits per heavy atom. The van der Waals surface area contributed by atoms with Crippen molar-refractivity contribution in [2.24, 2.45) is 0 Å². The average Bonchev–Trinajstić information content (AvgIpc) is 2.79. The van der Waals surface area contributed by atoms with Gasteiger partial charge in [0.15, 0.2) is 5.16 Å². The Kier molecular flexibility index (Phi) is 4.96. The summed E-state index contributed by atoms with van der Waals surface area (Å²) in [6, 6.07) is 5.97. The Labute approximate surface area is 155 Å². The van der Waals surface area contributed by atoms with Crippen LogP contribution in [0.4, 0.5) is 11.5 Å². The fraction of sp³-hybridized carbons (Fsp3) is 0.278.